The second-order valence-electron chi connectivity index (χ2n) is 4.68. The van der Waals surface area contributed by atoms with Gasteiger partial charge in [-0.1, -0.05) is 6.07 Å². The van der Waals surface area contributed by atoms with Crippen LogP contribution in [0.2, 0.25) is 0 Å². The van der Waals surface area contributed by atoms with E-state index in [1.807, 2.05) is 26.0 Å². The van der Waals surface area contributed by atoms with E-state index in [1.54, 1.807) is 12.1 Å². The number of halogens is 2. The maximum absolute atomic E-state index is 11.1. The lowest BCUT2D eigenvalue weighted by molar-refractivity contribution is 0.0699. The molecule has 1 aromatic carbocycles. The Kier molecular flexibility index (Phi) is 7.49. The number of rotatable bonds is 5. The molecule has 1 heterocycles. The molecule has 0 amide bonds. The summed E-state index contributed by atoms with van der Waals surface area (Å²) >= 11 is 0. The van der Waals surface area contributed by atoms with Gasteiger partial charge in [-0.05, 0) is 26.2 Å². The summed E-state index contributed by atoms with van der Waals surface area (Å²) in [6.45, 7) is 1.61. The van der Waals surface area contributed by atoms with Crippen LogP contribution in [-0.4, -0.2) is 55.2 Å². The lowest BCUT2D eigenvalue weighted by Crippen LogP contribution is -2.28. The van der Waals surface area contributed by atoms with Crippen LogP contribution in [0.15, 0.2) is 22.6 Å². The van der Waals surface area contributed by atoms with Gasteiger partial charge in [0.2, 0.25) is 0 Å². The zero-order valence-corrected chi connectivity index (χ0v) is 13.7. The molecule has 0 aliphatic rings. The Morgan fingerprint density at radius 2 is 1.90 bits per heavy atom. The van der Waals surface area contributed by atoms with E-state index in [0.29, 0.717) is 17.1 Å². The Hall–Kier alpha value is -1.50. The molecule has 0 aliphatic carbocycles. The van der Waals surface area contributed by atoms with Gasteiger partial charge in [0, 0.05) is 20.1 Å². The zero-order chi connectivity index (χ0) is 14.0. The molecule has 2 aromatic rings. The van der Waals surface area contributed by atoms with Crippen molar-refractivity contribution in [1.82, 2.24) is 9.88 Å². The SMILES string of the molecule is CN(C)CCN(C)c1nc2c(C(=O)O)cccc2o1.Cl.Cl. The molecule has 0 saturated heterocycles. The first-order valence-electron chi connectivity index (χ1n) is 5.97. The summed E-state index contributed by atoms with van der Waals surface area (Å²) in [6.07, 6.45) is 0. The number of hydrogen-bond donors (Lipinski definition) is 1. The van der Waals surface area contributed by atoms with Crippen LogP contribution in [0, 0.1) is 0 Å². The van der Waals surface area contributed by atoms with E-state index in [9.17, 15) is 4.79 Å². The quantitative estimate of drug-likeness (QED) is 0.904. The first-order valence-corrected chi connectivity index (χ1v) is 5.97. The number of carboxylic acids is 1. The molecule has 1 aromatic heterocycles. The number of aromatic carboxylic acids is 1. The highest BCUT2D eigenvalue weighted by molar-refractivity contribution is 6.00. The Bertz CT molecular complexity index is 601. The fourth-order valence-electron chi connectivity index (χ4n) is 1.72. The van der Waals surface area contributed by atoms with E-state index >= 15 is 0 Å². The van der Waals surface area contributed by atoms with Gasteiger partial charge >= 0.3 is 5.97 Å². The highest BCUT2D eigenvalue weighted by atomic mass is 35.5. The molecule has 0 aliphatic heterocycles. The summed E-state index contributed by atoms with van der Waals surface area (Å²) in [5.41, 5.74) is 1.04. The summed E-state index contributed by atoms with van der Waals surface area (Å²) < 4.78 is 5.59. The van der Waals surface area contributed by atoms with Crippen molar-refractivity contribution in [2.75, 3.05) is 39.1 Å². The van der Waals surface area contributed by atoms with Crippen LogP contribution in [0.25, 0.3) is 11.1 Å². The summed E-state index contributed by atoms with van der Waals surface area (Å²) in [6, 6.07) is 5.33. The molecular formula is C13H19Cl2N3O3. The topological polar surface area (TPSA) is 69.8 Å². The Morgan fingerprint density at radius 3 is 2.48 bits per heavy atom. The van der Waals surface area contributed by atoms with Crippen molar-refractivity contribution in [1.29, 1.82) is 0 Å². The predicted octanol–water partition coefficient (Wildman–Crippen LogP) is 2.37. The number of fused-ring (bicyclic) bond motifs is 1. The van der Waals surface area contributed by atoms with Gasteiger partial charge in [-0.3, -0.25) is 0 Å². The summed E-state index contributed by atoms with van der Waals surface area (Å²) in [4.78, 5) is 19.3. The van der Waals surface area contributed by atoms with Gasteiger partial charge in [-0.25, -0.2) is 4.79 Å². The van der Waals surface area contributed by atoms with E-state index in [1.165, 1.54) is 6.07 Å². The Balaban J connectivity index is 0.00000200. The van der Waals surface area contributed by atoms with Gasteiger partial charge in [0.15, 0.2) is 5.58 Å². The number of aromatic nitrogens is 1. The third-order valence-electron chi connectivity index (χ3n) is 2.85. The molecular weight excluding hydrogens is 317 g/mol. The number of hydrogen-bond acceptors (Lipinski definition) is 5. The molecule has 0 spiro atoms. The van der Waals surface area contributed by atoms with Gasteiger partial charge in [0.25, 0.3) is 6.01 Å². The van der Waals surface area contributed by atoms with Crippen LogP contribution in [0.3, 0.4) is 0 Å². The fourth-order valence-corrected chi connectivity index (χ4v) is 1.72. The van der Waals surface area contributed by atoms with Crippen molar-refractivity contribution >= 4 is 47.9 Å². The molecule has 0 fully saturated rings. The van der Waals surface area contributed by atoms with Crippen LogP contribution in [0.5, 0.6) is 0 Å². The molecule has 0 unspecified atom stereocenters. The standard InChI is InChI=1S/C13H17N3O3.2ClH/c1-15(2)7-8-16(3)13-14-11-9(12(17)18)5-4-6-10(11)19-13;;/h4-6H,7-8H2,1-3H3,(H,17,18);2*1H. The van der Waals surface area contributed by atoms with Crippen LogP contribution < -0.4 is 4.90 Å². The predicted molar refractivity (Wildman–Crippen MR) is 87.3 cm³/mol. The number of benzene rings is 1. The smallest absolute Gasteiger partial charge is 0.338 e. The maximum Gasteiger partial charge on any atom is 0.338 e. The van der Waals surface area contributed by atoms with Crippen LogP contribution in [0.4, 0.5) is 6.01 Å². The number of nitrogens with zero attached hydrogens (tertiary/aromatic N) is 3. The zero-order valence-electron chi connectivity index (χ0n) is 12.1. The minimum absolute atomic E-state index is 0. The van der Waals surface area contributed by atoms with E-state index < -0.39 is 5.97 Å². The second-order valence-corrected chi connectivity index (χ2v) is 4.68. The van der Waals surface area contributed by atoms with Crippen LogP contribution >= 0.6 is 24.8 Å². The second kappa shape index (κ2) is 8.07. The Morgan fingerprint density at radius 1 is 1.24 bits per heavy atom. The van der Waals surface area contributed by atoms with E-state index in [0.717, 1.165) is 13.1 Å². The fraction of sp³-hybridized carbons (Fsp3) is 0.385. The first kappa shape index (κ1) is 19.5. The number of oxazole rings is 1. The first-order chi connectivity index (χ1) is 8.99. The number of para-hydroxylation sites is 1. The number of likely N-dealkylation sites (N-methyl/N-ethyl adjacent to an activating group) is 2. The molecule has 8 heteroatoms. The number of anilines is 1. The van der Waals surface area contributed by atoms with Crippen molar-refractivity contribution < 1.29 is 14.3 Å². The molecule has 0 atom stereocenters. The van der Waals surface area contributed by atoms with Crippen LogP contribution in [0.1, 0.15) is 10.4 Å². The number of carbonyl (C=O) groups is 1. The van der Waals surface area contributed by atoms with Crippen molar-refractivity contribution in [2.24, 2.45) is 0 Å². The molecule has 118 valence electrons. The summed E-state index contributed by atoms with van der Waals surface area (Å²) in [5, 5.41) is 9.10. The molecule has 6 nitrogen and oxygen atoms in total. The van der Waals surface area contributed by atoms with E-state index in [4.69, 9.17) is 9.52 Å². The summed E-state index contributed by atoms with van der Waals surface area (Å²) in [7, 11) is 5.85. The monoisotopic (exact) mass is 335 g/mol. The van der Waals surface area contributed by atoms with Crippen molar-refractivity contribution in [3.05, 3.63) is 23.8 Å². The lowest BCUT2D eigenvalue weighted by Gasteiger charge is -2.17. The average molecular weight is 336 g/mol. The largest absolute Gasteiger partial charge is 0.478 e. The highest BCUT2D eigenvalue weighted by Crippen LogP contribution is 2.24. The van der Waals surface area contributed by atoms with Gasteiger partial charge in [0.05, 0.1) is 5.56 Å². The molecule has 0 radical (unpaired) electrons. The van der Waals surface area contributed by atoms with E-state index in [-0.39, 0.29) is 30.4 Å². The van der Waals surface area contributed by atoms with Gasteiger partial charge in [-0.15, -0.1) is 24.8 Å². The van der Waals surface area contributed by atoms with Crippen molar-refractivity contribution in [3.8, 4) is 0 Å². The van der Waals surface area contributed by atoms with Crippen molar-refractivity contribution in [3.63, 3.8) is 0 Å². The molecule has 0 saturated carbocycles. The highest BCUT2D eigenvalue weighted by Gasteiger charge is 2.16. The number of carboxylic acid groups (broad SMARTS) is 1. The van der Waals surface area contributed by atoms with Gasteiger partial charge in [-0.2, -0.15) is 4.98 Å². The third kappa shape index (κ3) is 4.49. The van der Waals surface area contributed by atoms with Crippen LogP contribution in [-0.2, 0) is 0 Å². The van der Waals surface area contributed by atoms with Gasteiger partial charge in [0.1, 0.15) is 5.52 Å². The minimum atomic E-state index is -0.999. The molecule has 0 bridgehead atoms. The van der Waals surface area contributed by atoms with Gasteiger partial charge < -0.3 is 19.3 Å². The molecule has 2 rings (SSSR count). The third-order valence-corrected chi connectivity index (χ3v) is 2.85. The maximum atomic E-state index is 11.1. The minimum Gasteiger partial charge on any atom is -0.478 e. The Labute approximate surface area is 135 Å². The van der Waals surface area contributed by atoms with Crippen molar-refractivity contribution in [2.45, 2.75) is 0 Å². The van der Waals surface area contributed by atoms with E-state index in [2.05, 4.69) is 9.88 Å². The lowest BCUT2D eigenvalue weighted by atomic mass is 10.2. The summed E-state index contributed by atoms with van der Waals surface area (Å²) in [5.74, 6) is -0.999. The average Bonchev–Trinajstić information content (AvgIpc) is 2.78. The normalized spacial score (nSPS) is 10.1. The molecule has 21 heavy (non-hydrogen) atoms. The molecule has 1 N–H and O–H groups in total.